The van der Waals surface area contributed by atoms with Crippen molar-refractivity contribution in [2.24, 2.45) is 0 Å². The summed E-state index contributed by atoms with van der Waals surface area (Å²) in [5.74, 6) is 1.65. The fourth-order valence-electron chi connectivity index (χ4n) is 4.48. The van der Waals surface area contributed by atoms with Crippen molar-refractivity contribution in [1.29, 1.82) is 0 Å². The molecule has 1 fully saturated rings. The number of imidazole rings is 1. The number of hydrogen-bond donors (Lipinski definition) is 1. The molecule has 3 aromatic rings. The molecule has 1 saturated heterocycles. The van der Waals surface area contributed by atoms with Gasteiger partial charge >= 0.3 is 0 Å². The van der Waals surface area contributed by atoms with Crippen LogP contribution in [0.25, 0.3) is 11.5 Å². The van der Waals surface area contributed by atoms with Crippen LogP contribution in [0, 0.1) is 0 Å². The molecule has 1 atom stereocenters. The van der Waals surface area contributed by atoms with E-state index in [1.54, 1.807) is 0 Å². The maximum atomic E-state index is 4.83. The van der Waals surface area contributed by atoms with E-state index in [0.29, 0.717) is 5.92 Å². The molecule has 0 spiro atoms. The highest BCUT2D eigenvalue weighted by molar-refractivity contribution is 5.50. The third-order valence-corrected chi connectivity index (χ3v) is 6.04. The summed E-state index contributed by atoms with van der Waals surface area (Å²) < 4.78 is 4.39. The molecule has 6 nitrogen and oxygen atoms in total. The van der Waals surface area contributed by atoms with E-state index < -0.39 is 0 Å². The van der Waals surface area contributed by atoms with Crippen molar-refractivity contribution in [2.45, 2.75) is 38.4 Å². The molecule has 0 bridgehead atoms. The first-order valence-corrected chi connectivity index (χ1v) is 10.4. The number of hydrogen-bond acceptors (Lipinski definition) is 4. The van der Waals surface area contributed by atoms with Gasteiger partial charge < -0.3 is 14.8 Å². The van der Waals surface area contributed by atoms with Gasteiger partial charge in [0.15, 0.2) is 5.82 Å². The second kappa shape index (κ2) is 7.89. The zero-order chi connectivity index (χ0) is 18.8. The molecule has 0 aliphatic carbocycles. The van der Waals surface area contributed by atoms with Crippen molar-refractivity contribution < 1.29 is 0 Å². The van der Waals surface area contributed by atoms with Crippen LogP contribution in [0.3, 0.4) is 0 Å². The van der Waals surface area contributed by atoms with Crippen LogP contribution >= 0.6 is 0 Å². The van der Waals surface area contributed by atoms with E-state index in [0.717, 1.165) is 57.2 Å². The maximum absolute atomic E-state index is 4.83. The molecule has 0 unspecified atom stereocenters. The number of likely N-dealkylation sites (tertiary alicyclic amines) is 1. The fraction of sp³-hybridized carbons (Fsp3) is 0.455. The lowest BCUT2D eigenvalue weighted by Gasteiger charge is -2.17. The van der Waals surface area contributed by atoms with Gasteiger partial charge in [0.1, 0.15) is 5.69 Å². The van der Waals surface area contributed by atoms with Crippen LogP contribution in [-0.2, 0) is 19.6 Å². The first-order valence-electron chi connectivity index (χ1n) is 10.4. The fourth-order valence-corrected chi connectivity index (χ4v) is 4.48. The average Bonchev–Trinajstić information content (AvgIpc) is 3.44. The molecular weight excluding hydrogens is 348 g/mol. The number of nitrogens with one attached hydrogen (secondary N) is 1. The second-order valence-corrected chi connectivity index (χ2v) is 7.92. The highest BCUT2D eigenvalue weighted by Crippen LogP contribution is 2.27. The molecular formula is C22H28N6. The van der Waals surface area contributed by atoms with Gasteiger partial charge in [-0.1, -0.05) is 30.3 Å². The zero-order valence-electron chi connectivity index (χ0n) is 16.3. The molecule has 2 aromatic heterocycles. The Bertz CT molecular complexity index is 889. The summed E-state index contributed by atoms with van der Waals surface area (Å²) in [5.41, 5.74) is 3.72. The molecule has 146 valence electrons. The molecule has 5 rings (SSSR count). The highest BCUT2D eigenvalue weighted by atomic mass is 15.3. The van der Waals surface area contributed by atoms with Crippen molar-refractivity contribution in [3.63, 3.8) is 0 Å². The van der Waals surface area contributed by atoms with E-state index >= 15 is 0 Å². The summed E-state index contributed by atoms with van der Waals surface area (Å²) in [6, 6.07) is 13.1. The molecule has 0 saturated carbocycles. The van der Waals surface area contributed by atoms with Gasteiger partial charge in [-0.05, 0) is 43.5 Å². The summed E-state index contributed by atoms with van der Waals surface area (Å²) >= 11 is 0. The molecule has 0 amide bonds. The SMILES string of the molecule is c1ccc([C@@H]2CCN(CCn3ccnc3-c3cc4n(n3)CCCNC4)C2)cc1. The number of nitrogens with zero attached hydrogens (tertiary/aromatic N) is 5. The smallest absolute Gasteiger partial charge is 0.160 e. The lowest BCUT2D eigenvalue weighted by Crippen LogP contribution is -2.25. The molecule has 2 aliphatic heterocycles. The Morgan fingerprint density at radius 3 is 2.96 bits per heavy atom. The monoisotopic (exact) mass is 376 g/mol. The number of rotatable bonds is 5. The standard InChI is InChI=1S/C22H28N6/c1-2-5-18(6-3-1)19-7-11-26(17-19)13-14-27-12-9-24-22(27)21-15-20-16-23-8-4-10-28(20)25-21/h1-3,5-6,9,12,15,19,23H,4,7-8,10-11,13-14,16-17H2/t19-/m1/s1. The Hall–Kier alpha value is -2.44. The van der Waals surface area contributed by atoms with E-state index in [4.69, 9.17) is 5.10 Å². The molecule has 1 N–H and O–H groups in total. The molecule has 4 heterocycles. The quantitative estimate of drug-likeness (QED) is 0.744. The van der Waals surface area contributed by atoms with E-state index in [-0.39, 0.29) is 0 Å². The Morgan fingerprint density at radius 1 is 1.11 bits per heavy atom. The normalized spacial score (nSPS) is 20.2. The Kier molecular flexibility index (Phi) is 4.97. The van der Waals surface area contributed by atoms with Gasteiger partial charge in [-0.2, -0.15) is 5.10 Å². The van der Waals surface area contributed by atoms with Crippen LogP contribution in [0.5, 0.6) is 0 Å². The number of aromatic nitrogens is 4. The van der Waals surface area contributed by atoms with Gasteiger partial charge in [0.05, 0.1) is 5.69 Å². The van der Waals surface area contributed by atoms with Crippen molar-refractivity contribution in [3.8, 4) is 11.5 Å². The van der Waals surface area contributed by atoms with E-state index in [1.165, 1.54) is 24.2 Å². The van der Waals surface area contributed by atoms with E-state index in [2.05, 4.69) is 67.0 Å². The topological polar surface area (TPSA) is 50.9 Å². The largest absolute Gasteiger partial charge is 0.328 e. The summed E-state index contributed by atoms with van der Waals surface area (Å²) in [4.78, 5) is 7.19. The molecule has 2 aliphatic rings. The summed E-state index contributed by atoms with van der Waals surface area (Å²) in [7, 11) is 0. The summed E-state index contributed by atoms with van der Waals surface area (Å²) in [6.07, 6.45) is 6.36. The summed E-state index contributed by atoms with van der Waals surface area (Å²) in [5, 5.41) is 8.29. The summed E-state index contributed by atoms with van der Waals surface area (Å²) in [6.45, 7) is 7.28. The first-order chi connectivity index (χ1) is 13.9. The van der Waals surface area contributed by atoms with Gasteiger partial charge in [-0.3, -0.25) is 4.68 Å². The molecule has 28 heavy (non-hydrogen) atoms. The molecule has 0 radical (unpaired) electrons. The third-order valence-electron chi connectivity index (χ3n) is 6.04. The van der Waals surface area contributed by atoms with Crippen molar-refractivity contribution in [1.82, 2.24) is 29.5 Å². The van der Waals surface area contributed by atoms with Crippen molar-refractivity contribution >= 4 is 0 Å². The molecule has 6 heteroatoms. The van der Waals surface area contributed by atoms with Crippen LogP contribution in [0.1, 0.15) is 30.0 Å². The van der Waals surface area contributed by atoms with Gasteiger partial charge in [0, 0.05) is 45.1 Å². The minimum Gasteiger partial charge on any atom is -0.328 e. The van der Waals surface area contributed by atoms with Crippen LogP contribution in [0.2, 0.25) is 0 Å². The van der Waals surface area contributed by atoms with Crippen LogP contribution in [0.4, 0.5) is 0 Å². The number of aryl methyl sites for hydroxylation is 1. The lowest BCUT2D eigenvalue weighted by atomic mass is 9.99. The van der Waals surface area contributed by atoms with E-state index in [1.807, 2.05) is 6.20 Å². The third kappa shape index (κ3) is 3.62. The minimum absolute atomic E-state index is 0.666. The number of fused-ring (bicyclic) bond motifs is 1. The van der Waals surface area contributed by atoms with Crippen LogP contribution < -0.4 is 5.32 Å². The van der Waals surface area contributed by atoms with Gasteiger partial charge in [-0.25, -0.2) is 4.98 Å². The van der Waals surface area contributed by atoms with Crippen LogP contribution in [0.15, 0.2) is 48.8 Å². The number of benzene rings is 1. The van der Waals surface area contributed by atoms with Crippen molar-refractivity contribution in [3.05, 3.63) is 60.0 Å². The predicted molar refractivity (Wildman–Crippen MR) is 110 cm³/mol. The lowest BCUT2D eigenvalue weighted by molar-refractivity contribution is 0.319. The second-order valence-electron chi connectivity index (χ2n) is 7.92. The van der Waals surface area contributed by atoms with Gasteiger partial charge in [0.25, 0.3) is 0 Å². The van der Waals surface area contributed by atoms with Gasteiger partial charge in [-0.15, -0.1) is 0 Å². The highest BCUT2D eigenvalue weighted by Gasteiger charge is 2.23. The van der Waals surface area contributed by atoms with Crippen molar-refractivity contribution in [2.75, 3.05) is 26.2 Å². The maximum Gasteiger partial charge on any atom is 0.160 e. The Morgan fingerprint density at radius 2 is 2.04 bits per heavy atom. The average molecular weight is 377 g/mol. The van der Waals surface area contributed by atoms with Gasteiger partial charge in [0.2, 0.25) is 0 Å². The van der Waals surface area contributed by atoms with E-state index in [9.17, 15) is 0 Å². The zero-order valence-corrected chi connectivity index (χ0v) is 16.3. The minimum atomic E-state index is 0.666. The predicted octanol–water partition coefficient (Wildman–Crippen LogP) is 2.73. The first kappa shape index (κ1) is 17.6. The Balaban J connectivity index is 1.24. The molecule has 1 aromatic carbocycles. The Labute approximate surface area is 166 Å². The van der Waals surface area contributed by atoms with Crippen LogP contribution in [-0.4, -0.2) is 50.4 Å².